The highest BCUT2D eigenvalue weighted by molar-refractivity contribution is 9.09. The summed E-state index contributed by atoms with van der Waals surface area (Å²) in [4.78, 5) is 27.7. The van der Waals surface area contributed by atoms with Gasteiger partial charge in [0.25, 0.3) is 0 Å². The van der Waals surface area contributed by atoms with Gasteiger partial charge in [-0.1, -0.05) is 40.4 Å². The molecule has 228 valence electrons. The maximum absolute atomic E-state index is 12.0. The van der Waals surface area contributed by atoms with Crippen LogP contribution in [0.25, 0.3) is 0 Å². The van der Waals surface area contributed by atoms with Crippen molar-refractivity contribution in [2.24, 2.45) is 0 Å². The van der Waals surface area contributed by atoms with Crippen molar-refractivity contribution in [2.45, 2.75) is 39.5 Å². The Kier molecular flexibility index (Phi) is 16.2. The van der Waals surface area contributed by atoms with Crippen LogP contribution in [0.2, 0.25) is 5.02 Å². The number of unbranched alkanes of at least 4 members (excludes halogenated alkanes) is 3. The molecule has 0 fully saturated rings. The maximum atomic E-state index is 12.0. The summed E-state index contributed by atoms with van der Waals surface area (Å²) in [5.74, 6) is 1.14. The number of rotatable bonds is 20. The molecule has 41 heavy (non-hydrogen) atoms. The molecule has 0 atom stereocenters. The van der Waals surface area contributed by atoms with E-state index in [2.05, 4.69) is 15.9 Å². The number of benzene rings is 2. The van der Waals surface area contributed by atoms with E-state index in [-0.39, 0.29) is 38.2 Å². The van der Waals surface area contributed by atoms with Gasteiger partial charge < -0.3 is 33.5 Å². The molecule has 0 aromatic heterocycles. The van der Waals surface area contributed by atoms with Crippen molar-refractivity contribution in [1.82, 2.24) is 0 Å². The van der Waals surface area contributed by atoms with E-state index in [1.807, 2.05) is 41.8 Å². The highest BCUT2D eigenvalue weighted by atomic mass is 79.9. The number of hydrogen-bond acceptors (Lipinski definition) is 9. The molecule has 11 heteroatoms. The van der Waals surface area contributed by atoms with Gasteiger partial charge in [0.2, 0.25) is 0 Å². The van der Waals surface area contributed by atoms with E-state index < -0.39 is 0 Å². The van der Waals surface area contributed by atoms with Crippen LogP contribution in [-0.2, 0) is 19.1 Å². The summed E-state index contributed by atoms with van der Waals surface area (Å²) in [6, 6.07) is 10.9. The average molecular weight is 658 g/mol. The van der Waals surface area contributed by atoms with Crippen LogP contribution >= 0.6 is 27.5 Å². The summed E-state index contributed by atoms with van der Waals surface area (Å²) < 4.78 is 27.9. The molecule has 0 radical (unpaired) electrons. The Labute approximate surface area is 257 Å². The molecule has 0 saturated heterocycles. The molecular formula is C30H42BrClN2O7. The maximum Gasteiger partial charge on any atom is 0.325 e. The highest BCUT2D eigenvalue weighted by Gasteiger charge is 2.18. The molecule has 0 bridgehead atoms. The lowest BCUT2D eigenvalue weighted by Crippen LogP contribution is -2.31. The van der Waals surface area contributed by atoms with Crippen molar-refractivity contribution in [3.05, 3.63) is 41.4 Å². The minimum atomic E-state index is -0.359. The number of nitrogens with zero attached hydrogens (tertiary/aromatic N) is 2. The second-order valence-electron chi connectivity index (χ2n) is 9.07. The Bertz CT molecular complexity index is 1090. The zero-order valence-corrected chi connectivity index (χ0v) is 26.8. The molecule has 9 nitrogen and oxygen atoms in total. The first-order chi connectivity index (χ1) is 19.9. The largest absolute Gasteiger partial charge is 0.493 e. The van der Waals surface area contributed by atoms with Gasteiger partial charge >= 0.3 is 11.9 Å². The van der Waals surface area contributed by atoms with Crippen LogP contribution in [0, 0.1) is 0 Å². The van der Waals surface area contributed by atoms with E-state index in [4.69, 9.17) is 35.3 Å². The van der Waals surface area contributed by atoms with Crippen molar-refractivity contribution in [2.75, 3.05) is 75.3 Å². The number of carbonyl (C=O) groups excluding carboxylic acids is 2. The number of hydrogen-bond donors (Lipinski definition) is 0. The molecule has 0 heterocycles. The third kappa shape index (κ3) is 11.9. The summed E-state index contributed by atoms with van der Waals surface area (Å²) in [5.41, 5.74) is 1.44. The summed E-state index contributed by atoms with van der Waals surface area (Å²) >= 11 is 9.71. The molecule has 0 amide bonds. The Morgan fingerprint density at radius 3 is 1.95 bits per heavy atom. The molecule has 0 aliphatic carbocycles. The summed E-state index contributed by atoms with van der Waals surface area (Å²) in [6.45, 7) is 6.26. The van der Waals surface area contributed by atoms with E-state index in [9.17, 15) is 9.59 Å². The van der Waals surface area contributed by atoms with Gasteiger partial charge in [-0.15, -0.1) is 0 Å². The number of alkyl halides is 1. The van der Waals surface area contributed by atoms with Crippen LogP contribution in [0.1, 0.15) is 39.5 Å². The Morgan fingerprint density at radius 2 is 1.34 bits per heavy atom. The molecule has 0 saturated carbocycles. The normalized spacial score (nSPS) is 10.6. The van der Waals surface area contributed by atoms with E-state index in [0.717, 1.165) is 36.7 Å². The average Bonchev–Trinajstić information content (AvgIpc) is 2.99. The number of carbonyl (C=O) groups is 2. The van der Waals surface area contributed by atoms with Gasteiger partial charge in [0, 0.05) is 29.5 Å². The molecule has 0 aliphatic heterocycles. The van der Waals surface area contributed by atoms with Crippen molar-refractivity contribution < 1.29 is 33.3 Å². The topological polar surface area (TPSA) is 86.8 Å². The van der Waals surface area contributed by atoms with Gasteiger partial charge in [-0.2, -0.15) is 0 Å². The molecule has 2 rings (SSSR count). The molecule has 2 aromatic carbocycles. The predicted octanol–water partition coefficient (Wildman–Crippen LogP) is 6.13. The van der Waals surface area contributed by atoms with Gasteiger partial charge in [-0.25, -0.2) is 0 Å². The molecular weight excluding hydrogens is 616 g/mol. The zero-order chi connectivity index (χ0) is 30.0. The highest BCUT2D eigenvalue weighted by Crippen LogP contribution is 2.34. The quantitative estimate of drug-likeness (QED) is 0.0948. The fraction of sp³-hybridized carbons (Fsp3) is 0.533. The predicted molar refractivity (Wildman–Crippen MR) is 166 cm³/mol. The lowest BCUT2D eigenvalue weighted by molar-refractivity contribution is -0.139. The number of anilines is 2. The molecule has 0 aliphatic rings. The first-order valence-corrected chi connectivity index (χ1v) is 15.4. The van der Waals surface area contributed by atoms with Crippen LogP contribution in [0.4, 0.5) is 11.4 Å². The van der Waals surface area contributed by atoms with E-state index in [1.165, 1.54) is 14.2 Å². The summed E-state index contributed by atoms with van der Waals surface area (Å²) in [5, 5.41) is 1.55. The monoisotopic (exact) mass is 656 g/mol. The van der Waals surface area contributed by atoms with Gasteiger partial charge in [-0.05, 0) is 57.0 Å². The number of methoxy groups -OCH3 is 2. The van der Waals surface area contributed by atoms with E-state index >= 15 is 0 Å². The fourth-order valence-corrected chi connectivity index (χ4v) is 4.60. The molecule has 0 unspecified atom stereocenters. The number of ether oxygens (including phenoxy) is 5. The zero-order valence-electron chi connectivity index (χ0n) is 24.5. The summed E-state index contributed by atoms with van der Waals surface area (Å²) in [7, 11) is 2.73. The Morgan fingerprint density at radius 1 is 0.732 bits per heavy atom. The van der Waals surface area contributed by atoms with Gasteiger partial charge in [0.15, 0.2) is 0 Å². The van der Waals surface area contributed by atoms with Crippen molar-refractivity contribution >= 4 is 50.8 Å². The fourth-order valence-electron chi connectivity index (χ4n) is 4.04. The van der Waals surface area contributed by atoms with Gasteiger partial charge in [0.1, 0.15) is 43.6 Å². The number of esters is 2. The third-order valence-corrected chi connectivity index (χ3v) is 7.08. The molecule has 0 spiro atoms. The smallest absolute Gasteiger partial charge is 0.325 e. The standard InChI is InChI=1S/C30H42BrClN2O7/c1-5-33(21-29(35)37-3)25-13-12-24(39-16-10-8-7-9-15-31)20-28(25)41-18-17-40-27-14-11-23(32)19-26(27)34(6-2)22-30(36)38-4/h11-14,19-20H,5-10,15-18,21-22H2,1-4H3. The lowest BCUT2D eigenvalue weighted by atomic mass is 10.2. The first-order valence-electron chi connectivity index (χ1n) is 13.9. The molecule has 0 N–H and O–H groups in total. The third-order valence-electron chi connectivity index (χ3n) is 6.29. The van der Waals surface area contributed by atoms with Crippen molar-refractivity contribution in [1.29, 1.82) is 0 Å². The second kappa shape index (κ2) is 19.3. The van der Waals surface area contributed by atoms with Crippen molar-refractivity contribution in [3.63, 3.8) is 0 Å². The van der Waals surface area contributed by atoms with Crippen LogP contribution in [0.3, 0.4) is 0 Å². The minimum Gasteiger partial charge on any atom is -0.493 e. The number of halogens is 2. The second-order valence-corrected chi connectivity index (χ2v) is 10.3. The van der Waals surface area contributed by atoms with Crippen LogP contribution in [0.5, 0.6) is 17.2 Å². The minimum absolute atomic E-state index is 0.0694. The van der Waals surface area contributed by atoms with Gasteiger partial charge in [0.05, 0.1) is 32.2 Å². The van der Waals surface area contributed by atoms with Gasteiger partial charge in [-0.3, -0.25) is 9.59 Å². The Hall–Kier alpha value is -2.85. The SMILES string of the molecule is CCN(CC(=O)OC)c1ccc(OCCCCCCBr)cc1OCCOc1ccc(Cl)cc1N(CC)CC(=O)OC. The van der Waals surface area contributed by atoms with E-state index in [0.29, 0.717) is 47.7 Å². The van der Waals surface area contributed by atoms with Crippen LogP contribution in [0.15, 0.2) is 36.4 Å². The molecule has 2 aromatic rings. The van der Waals surface area contributed by atoms with Crippen LogP contribution in [-0.4, -0.2) is 77.5 Å². The summed E-state index contributed by atoms with van der Waals surface area (Å²) in [6.07, 6.45) is 4.39. The van der Waals surface area contributed by atoms with E-state index in [1.54, 1.807) is 18.2 Å². The first kappa shape index (κ1) is 34.4. The number of likely N-dealkylation sites (N-methyl/N-ethyl adjacent to an activating group) is 2. The Balaban J connectivity index is 2.14. The van der Waals surface area contributed by atoms with Crippen molar-refractivity contribution in [3.8, 4) is 17.2 Å². The lowest BCUT2D eigenvalue weighted by Gasteiger charge is -2.26. The van der Waals surface area contributed by atoms with Crippen LogP contribution < -0.4 is 24.0 Å².